The van der Waals surface area contributed by atoms with Crippen molar-refractivity contribution in [2.45, 2.75) is 24.2 Å². The number of para-hydroxylation sites is 1. The molecule has 1 aliphatic carbocycles. The molecule has 0 aromatic heterocycles. The Labute approximate surface area is 326 Å². The Morgan fingerprint density at radius 2 is 1.30 bits per heavy atom. The third-order valence-corrected chi connectivity index (χ3v) is 10.1. The fourth-order valence-electron chi connectivity index (χ4n) is 7.15. The minimum Gasteiger partial charge on any atom is -0.497 e. The molecule has 284 valence electrons. The number of hydrogen-bond donors (Lipinski definition) is 3. The molecule has 56 heavy (non-hydrogen) atoms. The van der Waals surface area contributed by atoms with Crippen LogP contribution in [0.15, 0.2) is 152 Å². The molecular weight excluding hydrogens is 705 g/mol. The molecule has 10 heteroatoms. The zero-order valence-corrected chi connectivity index (χ0v) is 31.3. The highest BCUT2D eigenvalue weighted by Crippen LogP contribution is 2.45. The van der Waals surface area contributed by atoms with E-state index >= 15 is 0 Å². The van der Waals surface area contributed by atoms with Gasteiger partial charge >= 0.3 is 5.97 Å². The van der Waals surface area contributed by atoms with E-state index in [0.29, 0.717) is 11.5 Å². The van der Waals surface area contributed by atoms with Crippen molar-refractivity contribution in [1.29, 1.82) is 0 Å². The molecule has 0 fully saturated rings. The van der Waals surface area contributed by atoms with Gasteiger partial charge < -0.3 is 24.7 Å². The molecule has 6 aromatic rings. The quantitative estimate of drug-likeness (QED) is 0.0586. The summed E-state index contributed by atoms with van der Waals surface area (Å²) in [6, 6.07) is 47.1. The number of carbonyl (C=O) groups is 2. The summed E-state index contributed by atoms with van der Waals surface area (Å²) in [7, 11) is 2.97. The van der Waals surface area contributed by atoms with Crippen LogP contribution in [0, 0.1) is 0 Å². The summed E-state index contributed by atoms with van der Waals surface area (Å²) in [4.78, 5) is 29.3. The number of ether oxygens (including phenoxy) is 4. The van der Waals surface area contributed by atoms with Crippen molar-refractivity contribution in [3.63, 3.8) is 0 Å². The normalized spacial score (nSPS) is 13.4. The minimum atomic E-state index is -2.26. The van der Waals surface area contributed by atoms with E-state index in [-0.39, 0.29) is 36.4 Å². The van der Waals surface area contributed by atoms with Crippen molar-refractivity contribution in [3.8, 4) is 28.4 Å². The van der Waals surface area contributed by atoms with E-state index in [1.807, 2.05) is 97.1 Å². The topological polar surface area (TPSA) is 138 Å². The van der Waals surface area contributed by atoms with E-state index in [1.54, 1.807) is 42.5 Å². The number of hydrogen-bond acceptors (Lipinski definition) is 9. The predicted molar refractivity (Wildman–Crippen MR) is 215 cm³/mol. The molecule has 10 nitrogen and oxygen atoms in total. The highest BCUT2D eigenvalue weighted by Gasteiger charge is 2.49. The van der Waals surface area contributed by atoms with E-state index in [1.165, 1.54) is 14.2 Å². The van der Waals surface area contributed by atoms with Crippen molar-refractivity contribution in [2.75, 3.05) is 27.4 Å². The van der Waals surface area contributed by atoms with Crippen LogP contribution in [0.4, 0.5) is 0 Å². The monoisotopic (exact) mass is 748 g/mol. The number of fused-ring (bicyclic) bond motifs is 3. The molecule has 0 radical (unpaired) electrons. The second-order valence-corrected chi connectivity index (χ2v) is 13.5. The van der Waals surface area contributed by atoms with Gasteiger partial charge in [0.05, 0.1) is 20.3 Å². The maximum absolute atomic E-state index is 14.8. The van der Waals surface area contributed by atoms with Gasteiger partial charge in [0.1, 0.15) is 23.9 Å². The maximum Gasteiger partial charge on any atom is 0.353 e. The Morgan fingerprint density at radius 1 is 0.714 bits per heavy atom. The summed E-state index contributed by atoms with van der Waals surface area (Å²) < 4.78 is 23.3. The van der Waals surface area contributed by atoms with Gasteiger partial charge in [0.25, 0.3) is 5.91 Å². The van der Waals surface area contributed by atoms with E-state index in [2.05, 4.69) is 17.6 Å². The molecular formula is C46H44N4O6. The fourth-order valence-corrected chi connectivity index (χ4v) is 7.15. The highest BCUT2D eigenvalue weighted by molar-refractivity contribution is 5.90. The number of nitrogens with one attached hydrogen (secondary N) is 1. The molecule has 2 atom stereocenters. The van der Waals surface area contributed by atoms with Crippen LogP contribution in [0.2, 0.25) is 0 Å². The Balaban J connectivity index is 1.23. The van der Waals surface area contributed by atoms with Crippen molar-refractivity contribution in [3.05, 3.63) is 185 Å². The summed E-state index contributed by atoms with van der Waals surface area (Å²) in [5, 5.41) is 1.09. The van der Waals surface area contributed by atoms with Crippen molar-refractivity contribution in [2.24, 2.45) is 11.5 Å². The second kappa shape index (κ2) is 16.9. The number of rotatable bonds is 15. The molecule has 7 rings (SSSR count). The summed E-state index contributed by atoms with van der Waals surface area (Å²) >= 11 is 0. The van der Waals surface area contributed by atoms with Gasteiger partial charge in [0.2, 0.25) is 5.66 Å². The molecule has 2 unspecified atom stereocenters. The highest BCUT2D eigenvalue weighted by atomic mass is 16.5. The van der Waals surface area contributed by atoms with E-state index in [9.17, 15) is 9.59 Å². The lowest BCUT2D eigenvalue weighted by Gasteiger charge is -2.39. The van der Waals surface area contributed by atoms with Crippen LogP contribution in [0.25, 0.3) is 11.1 Å². The molecule has 1 amide bonds. The number of hydrazine groups is 1. The van der Waals surface area contributed by atoms with Crippen LogP contribution in [-0.4, -0.2) is 44.3 Å². The van der Waals surface area contributed by atoms with Gasteiger partial charge in [-0.3, -0.25) is 10.5 Å². The number of carbonyl (C=O) groups excluding carboxylic acids is 2. The Morgan fingerprint density at radius 3 is 1.93 bits per heavy atom. The zero-order valence-electron chi connectivity index (χ0n) is 31.3. The molecule has 1 aliphatic rings. The van der Waals surface area contributed by atoms with Crippen molar-refractivity contribution < 1.29 is 28.5 Å². The van der Waals surface area contributed by atoms with E-state index < -0.39 is 24.1 Å². The van der Waals surface area contributed by atoms with E-state index in [0.717, 1.165) is 44.0 Å². The molecule has 0 bridgehead atoms. The molecule has 0 heterocycles. The van der Waals surface area contributed by atoms with Crippen LogP contribution in [0.1, 0.15) is 45.3 Å². The second-order valence-electron chi connectivity index (χ2n) is 13.5. The van der Waals surface area contributed by atoms with Gasteiger partial charge in [-0.15, -0.1) is 0 Å². The Hall–Kier alpha value is -6.46. The molecule has 0 saturated heterocycles. The van der Waals surface area contributed by atoms with Crippen LogP contribution in [-0.2, 0) is 26.5 Å². The number of benzene rings is 6. The number of methoxy groups -OCH3 is 2. The van der Waals surface area contributed by atoms with Gasteiger partial charge in [0.15, 0.2) is 6.61 Å². The first-order chi connectivity index (χ1) is 27.3. The van der Waals surface area contributed by atoms with Gasteiger partial charge in [-0.05, 0) is 63.2 Å². The van der Waals surface area contributed by atoms with Crippen LogP contribution >= 0.6 is 0 Å². The van der Waals surface area contributed by atoms with E-state index in [4.69, 9.17) is 30.4 Å². The average molecular weight is 749 g/mol. The number of nitrogens with two attached hydrogens (primary N) is 2. The first kappa shape index (κ1) is 37.8. The maximum atomic E-state index is 14.8. The Kier molecular flexibility index (Phi) is 11.4. The predicted octanol–water partition coefficient (Wildman–Crippen LogP) is 6.83. The third kappa shape index (κ3) is 7.71. The number of esters is 1. The number of amides is 1. The summed E-state index contributed by atoms with van der Waals surface area (Å²) in [5.74, 6) is -0.627. The first-order valence-corrected chi connectivity index (χ1v) is 18.3. The van der Waals surface area contributed by atoms with Gasteiger partial charge in [0, 0.05) is 24.1 Å². The SMILES string of the molecule is COc1ccc(C(N)(C(=O)OCC2c3ccccc3-c3ccccc32)N(NCc2ccc(C(N)c3ccccc3)cc2)C(=O)COc2ccccc2)c(OC)c1. The largest absolute Gasteiger partial charge is 0.497 e. The summed E-state index contributed by atoms with van der Waals surface area (Å²) in [6.07, 6.45) is 0. The smallest absolute Gasteiger partial charge is 0.353 e. The molecule has 6 aromatic carbocycles. The lowest BCUT2D eigenvalue weighted by Crippen LogP contribution is -2.66. The summed E-state index contributed by atoms with van der Waals surface area (Å²) in [5.41, 5.74) is 21.8. The summed E-state index contributed by atoms with van der Waals surface area (Å²) in [6.45, 7) is -0.377. The van der Waals surface area contributed by atoms with Crippen molar-refractivity contribution >= 4 is 11.9 Å². The molecule has 0 aliphatic heterocycles. The fraction of sp³-hybridized carbons (Fsp3) is 0.174. The zero-order chi connectivity index (χ0) is 39.1. The van der Waals surface area contributed by atoms with Gasteiger partial charge in [-0.2, -0.15) is 0 Å². The molecule has 5 N–H and O–H groups in total. The van der Waals surface area contributed by atoms with Crippen molar-refractivity contribution in [1.82, 2.24) is 10.4 Å². The lowest BCUT2D eigenvalue weighted by molar-refractivity contribution is -0.171. The van der Waals surface area contributed by atoms with Gasteiger partial charge in [-0.1, -0.05) is 121 Å². The number of nitrogens with zero attached hydrogens (tertiary/aromatic N) is 1. The standard InChI is InChI=1S/C46H44N4O6/c1-53-35-25-26-41(42(27-35)54-2)46(48,45(52)56-29-40-38-19-11-9-17-36(38)37-18-10-12-20-39(37)40)50(43(51)30-55-34-15-7-4-8-16-34)49-28-31-21-23-33(24-22-31)44(47)32-13-5-3-6-14-32/h3-27,40,44,49H,28-30,47-48H2,1-2H3. The van der Waals surface area contributed by atoms with Crippen LogP contribution in [0.3, 0.4) is 0 Å². The molecule has 0 spiro atoms. The molecule has 0 saturated carbocycles. The average Bonchev–Trinajstić information content (AvgIpc) is 3.58. The lowest BCUT2D eigenvalue weighted by atomic mass is 9.96. The van der Waals surface area contributed by atoms with Crippen LogP contribution < -0.4 is 31.1 Å². The van der Waals surface area contributed by atoms with Crippen LogP contribution in [0.5, 0.6) is 17.2 Å². The van der Waals surface area contributed by atoms with Gasteiger partial charge in [-0.25, -0.2) is 15.2 Å². The minimum absolute atomic E-state index is 0.0318. The Bertz CT molecular complexity index is 2240. The first-order valence-electron chi connectivity index (χ1n) is 18.3. The third-order valence-electron chi connectivity index (χ3n) is 10.1.